The van der Waals surface area contributed by atoms with Crippen molar-refractivity contribution in [3.05, 3.63) is 81.9 Å². The zero-order chi connectivity index (χ0) is 25.4. The minimum Gasteiger partial charge on any atom is -0.507 e. The second-order valence-corrected chi connectivity index (χ2v) is 8.92. The van der Waals surface area contributed by atoms with Gasteiger partial charge in [0.1, 0.15) is 23.5 Å². The van der Waals surface area contributed by atoms with Crippen molar-refractivity contribution in [3.63, 3.8) is 0 Å². The highest BCUT2D eigenvalue weighted by molar-refractivity contribution is 6.33. The van der Waals surface area contributed by atoms with Crippen LogP contribution < -0.4 is 15.9 Å². The van der Waals surface area contributed by atoms with Gasteiger partial charge in [-0.25, -0.2) is 14.2 Å². The number of halogens is 2. The van der Waals surface area contributed by atoms with Crippen LogP contribution in [0.4, 0.5) is 10.2 Å². The lowest BCUT2D eigenvalue weighted by molar-refractivity contribution is 0.477. The molecule has 1 saturated heterocycles. The lowest BCUT2D eigenvalue weighted by Crippen LogP contribution is -2.43. The maximum Gasteiger partial charge on any atom is 0.332 e. The third-order valence-corrected chi connectivity index (χ3v) is 6.54. The molecule has 0 amide bonds. The fraction of sp³-hybridized carbons (Fsp3) is 0.192. The molecule has 0 saturated carbocycles. The molecule has 10 heteroatoms. The quantitative estimate of drug-likeness (QED) is 0.440. The smallest absolute Gasteiger partial charge is 0.332 e. The number of rotatable bonds is 4. The van der Waals surface area contributed by atoms with Crippen molar-refractivity contribution in [2.75, 3.05) is 31.1 Å². The van der Waals surface area contributed by atoms with Crippen LogP contribution in [0.5, 0.6) is 5.75 Å². The van der Waals surface area contributed by atoms with Gasteiger partial charge in [0.15, 0.2) is 0 Å². The van der Waals surface area contributed by atoms with E-state index in [0.29, 0.717) is 16.7 Å². The second-order valence-electron chi connectivity index (χ2n) is 8.52. The van der Waals surface area contributed by atoms with E-state index < -0.39 is 5.82 Å². The predicted octanol–water partition coefficient (Wildman–Crippen LogP) is 3.68. The fourth-order valence-corrected chi connectivity index (χ4v) is 4.72. The normalized spacial score (nSPS) is 13.6. The molecule has 8 nitrogen and oxygen atoms in total. The van der Waals surface area contributed by atoms with Crippen LogP contribution in [-0.4, -0.2) is 45.4 Å². The Kier molecular flexibility index (Phi) is 6.22. The Labute approximate surface area is 211 Å². The molecular weight excluding hydrogens is 483 g/mol. The largest absolute Gasteiger partial charge is 0.507 e. The third-order valence-electron chi connectivity index (χ3n) is 6.26. The first-order valence-electron chi connectivity index (χ1n) is 11.3. The summed E-state index contributed by atoms with van der Waals surface area (Å²) in [6, 6.07) is 11.0. The molecule has 3 heterocycles. The Hall–Kier alpha value is -4.13. The second kappa shape index (κ2) is 9.49. The van der Waals surface area contributed by atoms with Gasteiger partial charge in [0, 0.05) is 62.9 Å². The number of aryl methyl sites for hydroxylation is 1. The molecule has 0 spiro atoms. The van der Waals surface area contributed by atoms with E-state index in [2.05, 4.69) is 21.3 Å². The van der Waals surface area contributed by atoms with Crippen molar-refractivity contribution in [2.24, 2.45) is 7.05 Å². The molecule has 5 rings (SSSR count). The number of nitriles is 1. The average Bonchev–Trinajstić information content (AvgIpc) is 3.22. The first-order chi connectivity index (χ1) is 17.4. The Balaban J connectivity index is 1.62. The molecule has 4 aromatic rings. The van der Waals surface area contributed by atoms with Gasteiger partial charge in [-0.3, -0.25) is 4.57 Å². The first kappa shape index (κ1) is 23.6. The van der Waals surface area contributed by atoms with Crippen molar-refractivity contribution >= 4 is 17.4 Å². The Bertz CT molecular complexity index is 1570. The van der Waals surface area contributed by atoms with Crippen molar-refractivity contribution in [1.82, 2.24) is 19.4 Å². The summed E-state index contributed by atoms with van der Waals surface area (Å²) in [5.74, 6) is 0.0291. The summed E-state index contributed by atoms with van der Waals surface area (Å²) >= 11 is 6.52. The molecular formula is C26H22ClFN6O2. The minimum atomic E-state index is -0.559. The van der Waals surface area contributed by atoms with E-state index in [4.69, 9.17) is 11.6 Å². The molecule has 1 aliphatic rings. The molecule has 1 fully saturated rings. The van der Waals surface area contributed by atoms with E-state index in [1.165, 1.54) is 39.6 Å². The highest BCUT2D eigenvalue weighted by atomic mass is 35.5. The van der Waals surface area contributed by atoms with Crippen LogP contribution in [0.15, 0.2) is 59.8 Å². The number of pyridine rings is 1. The topological polar surface area (TPSA) is 99.1 Å². The number of hydrogen-bond acceptors (Lipinski definition) is 6. The van der Waals surface area contributed by atoms with E-state index in [0.717, 1.165) is 32.0 Å². The number of anilines is 1. The molecule has 0 atom stereocenters. The van der Waals surface area contributed by atoms with Crippen LogP contribution in [0.1, 0.15) is 5.56 Å². The van der Waals surface area contributed by atoms with Gasteiger partial charge in [-0.15, -0.1) is 0 Å². The highest BCUT2D eigenvalue weighted by Crippen LogP contribution is 2.41. The number of imidazole rings is 1. The van der Waals surface area contributed by atoms with Crippen LogP contribution in [0.2, 0.25) is 5.02 Å². The Morgan fingerprint density at radius 3 is 2.50 bits per heavy atom. The first-order valence-corrected chi connectivity index (χ1v) is 11.7. The zero-order valence-electron chi connectivity index (χ0n) is 19.4. The SMILES string of the molecule is Cn1ccn(-c2c(Cl)cc(-c3cc(F)cc(-c4ccnc(N5CCNCC5)c4)c3O)cc2C#N)c1=O. The Morgan fingerprint density at radius 2 is 1.83 bits per heavy atom. The van der Waals surface area contributed by atoms with Gasteiger partial charge in [0.05, 0.1) is 16.3 Å². The van der Waals surface area contributed by atoms with Gasteiger partial charge in [0.2, 0.25) is 0 Å². The molecule has 0 radical (unpaired) electrons. The molecule has 1 aliphatic heterocycles. The van der Waals surface area contributed by atoms with E-state index in [1.807, 2.05) is 6.07 Å². The van der Waals surface area contributed by atoms with Crippen LogP contribution >= 0.6 is 11.6 Å². The van der Waals surface area contributed by atoms with Gasteiger partial charge in [0.25, 0.3) is 0 Å². The lowest BCUT2D eigenvalue weighted by Gasteiger charge is -2.28. The van der Waals surface area contributed by atoms with E-state index in [-0.39, 0.29) is 33.3 Å². The summed E-state index contributed by atoms with van der Waals surface area (Å²) in [5.41, 5.74) is 1.39. The van der Waals surface area contributed by atoms with Crippen LogP contribution in [0, 0.1) is 17.1 Å². The highest BCUT2D eigenvalue weighted by Gasteiger charge is 2.20. The summed E-state index contributed by atoms with van der Waals surface area (Å²) in [6.45, 7) is 3.27. The van der Waals surface area contributed by atoms with Crippen molar-refractivity contribution in [3.8, 4) is 39.8 Å². The van der Waals surface area contributed by atoms with Gasteiger partial charge in [-0.05, 0) is 47.5 Å². The number of piperazine rings is 1. The number of aromatic hydroxyl groups is 1. The number of aromatic nitrogens is 3. The van der Waals surface area contributed by atoms with Gasteiger partial charge < -0.3 is 19.9 Å². The van der Waals surface area contributed by atoms with Crippen LogP contribution in [-0.2, 0) is 7.05 Å². The number of hydrogen-bond donors (Lipinski definition) is 2. The number of nitrogens with one attached hydrogen (secondary N) is 1. The summed E-state index contributed by atoms with van der Waals surface area (Å²) in [6.07, 6.45) is 4.71. The van der Waals surface area contributed by atoms with E-state index in [1.54, 1.807) is 25.5 Å². The lowest BCUT2D eigenvalue weighted by atomic mass is 9.96. The number of phenols is 1. The molecule has 0 unspecified atom stereocenters. The van der Waals surface area contributed by atoms with Crippen LogP contribution in [0.3, 0.4) is 0 Å². The molecule has 182 valence electrons. The Morgan fingerprint density at radius 1 is 1.11 bits per heavy atom. The van der Waals surface area contributed by atoms with Crippen molar-refractivity contribution in [1.29, 1.82) is 5.26 Å². The standard InChI is InChI=1S/C26H22ClFN6O2/c1-32-8-9-34(26(32)36)24-18(15-29)10-17(11-22(24)27)21-14-19(28)13-20(25(21)35)16-2-3-31-23(12-16)33-6-4-30-5-7-33/h2-3,8-14,30,35H,4-7H2,1H3. The maximum atomic E-state index is 14.8. The van der Waals surface area contributed by atoms with E-state index in [9.17, 15) is 19.6 Å². The average molecular weight is 505 g/mol. The number of phenolic OH excluding ortho intramolecular Hbond substituents is 1. The summed E-state index contributed by atoms with van der Waals surface area (Å²) < 4.78 is 17.5. The fourth-order valence-electron chi connectivity index (χ4n) is 4.41. The molecule has 0 bridgehead atoms. The van der Waals surface area contributed by atoms with Crippen LogP contribution in [0.25, 0.3) is 27.9 Å². The maximum absolute atomic E-state index is 14.8. The monoisotopic (exact) mass is 504 g/mol. The predicted molar refractivity (Wildman–Crippen MR) is 136 cm³/mol. The molecule has 0 aliphatic carbocycles. The van der Waals surface area contributed by atoms with E-state index >= 15 is 0 Å². The summed E-state index contributed by atoms with van der Waals surface area (Å²) in [4.78, 5) is 19.0. The molecule has 2 aromatic carbocycles. The van der Waals surface area contributed by atoms with Crippen molar-refractivity contribution < 1.29 is 9.50 Å². The molecule has 36 heavy (non-hydrogen) atoms. The van der Waals surface area contributed by atoms with Gasteiger partial charge in [-0.2, -0.15) is 5.26 Å². The summed E-state index contributed by atoms with van der Waals surface area (Å²) in [5, 5.41) is 24.4. The summed E-state index contributed by atoms with van der Waals surface area (Å²) in [7, 11) is 1.59. The number of nitrogens with zero attached hydrogens (tertiary/aromatic N) is 5. The zero-order valence-corrected chi connectivity index (χ0v) is 20.1. The molecule has 2 aromatic heterocycles. The van der Waals surface area contributed by atoms with Gasteiger partial charge >= 0.3 is 5.69 Å². The number of benzene rings is 2. The van der Waals surface area contributed by atoms with Crippen molar-refractivity contribution in [2.45, 2.75) is 0 Å². The van der Waals surface area contributed by atoms with Gasteiger partial charge in [-0.1, -0.05) is 11.6 Å². The third kappa shape index (κ3) is 4.21. The molecule has 2 N–H and O–H groups in total. The minimum absolute atomic E-state index is 0.112.